The SMILES string of the molecule is CCCCCCCOC(=O)c1c(N)n(CCOC)c2nc3ccccc3nc12. The van der Waals surface area contributed by atoms with Crippen LogP contribution in [-0.4, -0.2) is 40.8 Å². The smallest absolute Gasteiger partial charge is 0.344 e. The van der Waals surface area contributed by atoms with Crippen molar-refractivity contribution in [2.45, 2.75) is 45.6 Å². The zero-order valence-electron chi connectivity index (χ0n) is 16.6. The maximum absolute atomic E-state index is 12.8. The zero-order valence-corrected chi connectivity index (χ0v) is 16.6. The van der Waals surface area contributed by atoms with Gasteiger partial charge in [0.15, 0.2) is 5.65 Å². The fourth-order valence-electron chi connectivity index (χ4n) is 3.27. The molecule has 0 amide bonds. The van der Waals surface area contributed by atoms with Crippen molar-refractivity contribution in [3.63, 3.8) is 0 Å². The number of nitrogens with two attached hydrogens (primary N) is 1. The Bertz CT molecular complexity index is 952. The highest BCUT2D eigenvalue weighted by molar-refractivity contribution is 6.08. The molecule has 0 bridgehead atoms. The predicted molar refractivity (Wildman–Crippen MR) is 110 cm³/mol. The van der Waals surface area contributed by atoms with Gasteiger partial charge < -0.3 is 19.8 Å². The Labute approximate surface area is 164 Å². The predicted octanol–water partition coefficient (Wildman–Crippen LogP) is 3.94. The molecule has 7 heteroatoms. The molecule has 0 saturated heterocycles. The third-order valence-electron chi connectivity index (χ3n) is 4.80. The van der Waals surface area contributed by atoms with Gasteiger partial charge in [-0.2, -0.15) is 0 Å². The second-order valence-electron chi connectivity index (χ2n) is 6.84. The summed E-state index contributed by atoms with van der Waals surface area (Å²) >= 11 is 0. The average Bonchev–Trinajstić information content (AvgIpc) is 2.97. The van der Waals surface area contributed by atoms with Gasteiger partial charge in [0.1, 0.15) is 16.9 Å². The Balaban J connectivity index is 1.90. The lowest BCUT2D eigenvalue weighted by molar-refractivity contribution is 0.0500. The van der Waals surface area contributed by atoms with Gasteiger partial charge in [0.2, 0.25) is 0 Å². The van der Waals surface area contributed by atoms with Crippen molar-refractivity contribution >= 4 is 34.0 Å². The molecule has 0 spiro atoms. The molecule has 0 aliphatic heterocycles. The minimum Gasteiger partial charge on any atom is -0.462 e. The summed E-state index contributed by atoms with van der Waals surface area (Å²) in [5.74, 6) is -0.128. The highest BCUT2D eigenvalue weighted by atomic mass is 16.5. The van der Waals surface area contributed by atoms with E-state index in [2.05, 4.69) is 16.9 Å². The first-order chi connectivity index (χ1) is 13.7. The van der Waals surface area contributed by atoms with Crippen LogP contribution in [0, 0.1) is 0 Å². The van der Waals surface area contributed by atoms with E-state index in [4.69, 9.17) is 15.2 Å². The van der Waals surface area contributed by atoms with Crippen molar-refractivity contribution in [3.8, 4) is 0 Å². The number of rotatable bonds is 10. The third-order valence-corrected chi connectivity index (χ3v) is 4.80. The molecule has 3 aromatic rings. The molecular formula is C21H28N4O3. The molecule has 0 aliphatic carbocycles. The minimum absolute atomic E-state index is 0.290. The second-order valence-corrected chi connectivity index (χ2v) is 6.84. The van der Waals surface area contributed by atoms with Crippen LogP contribution in [-0.2, 0) is 16.0 Å². The molecule has 1 aromatic carbocycles. The summed E-state index contributed by atoms with van der Waals surface area (Å²) in [6.07, 6.45) is 5.45. The van der Waals surface area contributed by atoms with Crippen molar-refractivity contribution in [2.24, 2.45) is 0 Å². The molecule has 0 radical (unpaired) electrons. The van der Waals surface area contributed by atoms with E-state index in [1.54, 1.807) is 11.7 Å². The molecule has 0 aliphatic rings. The maximum Gasteiger partial charge on any atom is 0.344 e. The standard InChI is InChI=1S/C21H28N4O3/c1-3-4-5-6-9-13-28-21(26)17-18-20(25(19(17)22)12-14-27-2)24-16-11-8-7-10-15(16)23-18/h7-8,10-11H,3-6,9,12-14,22H2,1-2H3. The van der Waals surface area contributed by atoms with Gasteiger partial charge in [-0.1, -0.05) is 44.7 Å². The number of carbonyl (C=O) groups is 1. The summed E-state index contributed by atoms with van der Waals surface area (Å²) in [5.41, 5.74) is 9.12. The number of para-hydroxylation sites is 2. The summed E-state index contributed by atoms with van der Waals surface area (Å²) in [6.45, 7) is 3.49. The lowest BCUT2D eigenvalue weighted by atomic mass is 10.2. The summed E-state index contributed by atoms with van der Waals surface area (Å²) < 4.78 is 12.4. The number of esters is 1. The molecule has 0 saturated carbocycles. The van der Waals surface area contributed by atoms with E-state index in [0.717, 1.165) is 24.8 Å². The molecule has 0 fully saturated rings. The minimum atomic E-state index is -0.446. The number of nitrogen functional groups attached to an aromatic ring is 1. The molecule has 0 atom stereocenters. The Kier molecular flexibility index (Phi) is 6.81. The van der Waals surface area contributed by atoms with Gasteiger partial charge in [-0.15, -0.1) is 0 Å². The van der Waals surface area contributed by atoms with E-state index in [9.17, 15) is 4.79 Å². The number of fused-ring (bicyclic) bond motifs is 2. The molecule has 7 nitrogen and oxygen atoms in total. The highest BCUT2D eigenvalue weighted by Crippen LogP contribution is 2.28. The van der Waals surface area contributed by atoms with Crippen LogP contribution in [0.5, 0.6) is 0 Å². The van der Waals surface area contributed by atoms with Gasteiger partial charge in [0, 0.05) is 13.7 Å². The average molecular weight is 384 g/mol. The van der Waals surface area contributed by atoms with Crippen molar-refractivity contribution in [3.05, 3.63) is 29.8 Å². The fourth-order valence-corrected chi connectivity index (χ4v) is 3.27. The molecule has 150 valence electrons. The van der Waals surface area contributed by atoms with E-state index in [1.165, 1.54) is 12.8 Å². The largest absolute Gasteiger partial charge is 0.462 e. The zero-order chi connectivity index (χ0) is 19.9. The van der Waals surface area contributed by atoms with Gasteiger partial charge in [-0.3, -0.25) is 0 Å². The second kappa shape index (κ2) is 9.50. The molecular weight excluding hydrogens is 356 g/mol. The first-order valence-corrected chi connectivity index (χ1v) is 9.87. The monoisotopic (exact) mass is 384 g/mol. The Morgan fingerprint density at radius 2 is 1.79 bits per heavy atom. The lowest BCUT2D eigenvalue weighted by Gasteiger charge is -2.07. The molecule has 2 heterocycles. The van der Waals surface area contributed by atoms with Gasteiger partial charge in [-0.05, 0) is 18.6 Å². The Morgan fingerprint density at radius 1 is 1.07 bits per heavy atom. The van der Waals surface area contributed by atoms with Crippen LogP contribution in [0.15, 0.2) is 24.3 Å². The van der Waals surface area contributed by atoms with Crippen LogP contribution in [0.1, 0.15) is 49.4 Å². The molecule has 28 heavy (non-hydrogen) atoms. The van der Waals surface area contributed by atoms with Crippen LogP contribution in [0.2, 0.25) is 0 Å². The van der Waals surface area contributed by atoms with Crippen molar-refractivity contribution < 1.29 is 14.3 Å². The molecule has 2 aromatic heterocycles. The van der Waals surface area contributed by atoms with Gasteiger partial charge in [0.25, 0.3) is 0 Å². The first kappa shape index (κ1) is 20.1. The van der Waals surface area contributed by atoms with E-state index in [0.29, 0.717) is 42.3 Å². The first-order valence-electron chi connectivity index (χ1n) is 9.87. The van der Waals surface area contributed by atoms with E-state index < -0.39 is 5.97 Å². The Morgan fingerprint density at radius 3 is 2.50 bits per heavy atom. The number of ether oxygens (including phenoxy) is 2. The van der Waals surface area contributed by atoms with Crippen molar-refractivity contribution in [2.75, 3.05) is 26.1 Å². The summed E-state index contributed by atoms with van der Waals surface area (Å²) in [5, 5.41) is 0. The fraction of sp³-hybridized carbons (Fsp3) is 0.476. The van der Waals surface area contributed by atoms with Crippen LogP contribution in [0.25, 0.3) is 22.2 Å². The van der Waals surface area contributed by atoms with E-state index in [1.807, 2.05) is 24.3 Å². The van der Waals surface area contributed by atoms with Gasteiger partial charge in [0.05, 0.1) is 24.2 Å². The van der Waals surface area contributed by atoms with Crippen LogP contribution < -0.4 is 5.73 Å². The summed E-state index contributed by atoms with van der Waals surface area (Å²) in [6, 6.07) is 7.55. The van der Waals surface area contributed by atoms with Crippen molar-refractivity contribution in [1.29, 1.82) is 0 Å². The normalized spacial score (nSPS) is 11.4. The maximum atomic E-state index is 12.8. The number of nitrogens with zero attached hydrogens (tertiary/aromatic N) is 3. The summed E-state index contributed by atoms with van der Waals surface area (Å²) in [4.78, 5) is 22.1. The van der Waals surface area contributed by atoms with Gasteiger partial charge in [-0.25, -0.2) is 14.8 Å². The lowest BCUT2D eigenvalue weighted by Crippen LogP contribution is -2.12. The number of aromatic nitrogens is 3. The van der Waals surface area contributed by atoms with Gasteiger partial charge >= 0.3 is 5.97 Å². The number of hydrogen-bond acceptors (Lipinski definition) is 6. The number of anilines is 1. The number of methoxy groups -OCH3 is 1. The molecule has 2 N–H and O–H groups in total. The third kappa shape index (κ3) is 4.25. The van der Waals surface area contributed by atoms with Crippen molar-refractivity contribution in [1.82, 2.24) is 14.5 Å². The van der Waals surface area contributed by atoms with E-state index in [-0.39, 0.29) is 5.56 Å². The Hall–Kier alpha value is -2.67. The topological polar surface area (TPSA) is 92.3 Å². The number of hydrogen-bond donors (Lipinski definition) is 1. The highest BCUT2D eigenvalue weighted by Gasteiger charge is 2.24. The molecule has 3 rings (SSSR count). The van der Waals surface area contributed by atoms with Crippen LogP contribution in [0.3, 0.4) is 0 Å². The number of unbranched alkanes of at least 4 members (excludes halogenated alkanes) is 4. The molecule has 0 unspecified atom stereocenters. The summed E-state index contributed by atoms with van der Waals surface area (Å²) in [7, 11) is 1.62. The van der Waals surface area contributed by atoms with E-state index >= 15 is 0 Å². The number of benzene rings is 1. The van der Waals surface area contributed by atoms with Crippen LogP contribution >= 0.6 is 0 Å². The quantitative estimate of drug-likeness (QED) is 0.420. The number of carbonyl (C=O) groups excluding carboxylic acids is 1. The van der Waals surface area contributed by atoms with Crippen LogP contribution in [0.4, 0.5) is 5.82 Å².